The van der Waals surface area contributed by atoms with E-state index in [0.717, 1.165) is 12.4 Å². The molecule has 1 aromatic rings. The van der Waals surface area contributed by atoms with Crippen LogP contribution in [0.25, 0.3) is 5.57 Å². The Bertz CT molecular complexity index is 468. The van der Waals surface area contributed by atoms with Gasteiger partial charge in [0, 0.05) is 18.5 Å². The van der Waals surface area contributed by atoms with Crippen LogP contribution in [0.3, 0.4) is 0 Å². The average Bonchev–Trinajstić information content (AvgIpc) is 2.37. The van der Waals surface area contributed by atoms with E-state index in [-0.39, 0.29) is 0 Å². The molecule has 0 aliphatic heterocycles. The smallest absolute Gasteiger partial charge is 0.237 e. The van der Waals surface area contributed by atoms with Crippen LogP contribution >= 0.6 is 0 Å². The van der Waals surface area contributed by atoms with Crippen LogP contribution in [0.4, 0.5) is 26.3 Å². The third-order valence-electron chi connectivity index (χ3n) is 2.28. The average molecular weight is 254 g/mol. The van der Waals surface area contributed by atoms with Crippen molar-refractivity contribution in [1.82, 2.24) is 9.97 Å². The second-order valence-electron chi connectivity index (χ2n) is 3.40. The highest BCUT2D eigenvalue weighted by atomic mass is 19.3. The van der Waals surface area contributed by atoms with E-state index in [1.165, 1.54) is 6.07 Å². The van der Waals surface area contributed by atoms with E-state index in [9.17, 15) is 26.3 Å². The first-order chi connectivity index (χ1) is 7.70. The third-order valence-corrected chi connectivity index (χ3v) is 2.28. The van der Waals surface area contributed by atoms with E-state index < -0.39 is 35.2 Å². The molecule has 0 spiro atoms. The monoisotopic (exact) mass is 254 g/mol. The fourth-order valence-corrected chi connectivity index (χ4v) is 1.38. The lowest BCUT2D eigenvalue weighted by atomic mass is 10.1. The summed E-state index contributed by atoms with van der Waals surface area (Å²) in [6.07, 6.45) is 1.50. The van der Waals surface area contributed by atoms with Gasteiger partial charge in [-0.05, 0) is 6.07 Å². The zero-order valence-corrected chi connectivity index (χ0v) is 7.97. The maximum atomic E-state index is 13.2. The Morgan fingerprint density at radius 1 is 0.882 bits per heavy atom. The fourth-order valence-electron chi connectivity index (χ4n) is 1.38. The van der Waals surface area contributed by atoms with Crippen molar-refractivity contribution in [3.05, 3.63) is 30.4 Å². The second kappa shape index (κ2) is 3.21. The molecule has 0 amide bonds. The number of nitrogens with zero attached hydrogens (tertiary/aromatic N) is 2. The summed E-state index contributed by atoms with van der Waals surface area (Å²) < 4.78 is 77.6. The van der Waals surface area contributed by atoms with Crippen molar-refractivity contribution in [2.24, 2.45) is 0 Å². The van der Waals surface area contributed by atoms with Gasteiger partial charge in [0.2, 0.25) is 0 Å². The summed E-state index contributed by atoms with van der Waals surface area (Å²) in [5.41, 5.74) is -1.56. The molecule has 0 N–H and O–H groups in total. The van der Waals surface area contributed by atoms with Gasteiger partial charge in [-0.25, -0.2) is 9.97 Å². The number of rotatable bonds is 1. The Kier molecular flexibility index (Phi) is 2.24. The first-order valence-electron chi connectivity index (χ1n) is 4.34. The first kappa shape index (κ1) is 11.9. The maximum Gasteiger partial charge on any atom is 0.380 e. The molecule has 0 unspecified atom stereocenters. The lowest BCUT2D eigenvalue weighted by Crippen LogP contribution is -2.48. The maximum absolute atomic E-state index is 13.2. The lowest BCUT2D eigenvalue weighted by Gasteiger charge is -2.24. The topological polar surface area (TPSA) is 25.8 Å². The molecule has 92 valence electrons. The van der Waals surface area contributed by atoms with Crippen LogP contribution in [0.5, 0.6) is 0 Å². The van der Waals surface area contributed by atoms with E-state index >= 15 is 0 Å². The molecule has 0 radical (unpaired) electrons. The number of aromatic nitrogens is 2. The minimum Gasteiger partial charge on any atom is -0.237 e. The molecule has 0 bridgehead atoms. The molecule has 0 atom stereocenters. The Morgan fingerprint density at radius 3 is 1.82 bits per heavy atom. The number of alkyl halides is 6. The van der Waals surface area contributed by atoms with Crippen molar-refractivity contribution >= 4 is 5.57 Å². The van der Waals surface area contributed by atoms with E-state index in [1.807, 2.05) is 0 Å². The molecule has 1 aromatic heterocycles. The molecule has 17 heavy (non-hydrogen) atoms. The molecular formula is C9H4F6N2. The highest BCUT2D eigenvalue weighted by Crippen LogP contribution is 2.57. The van der Waals surface area contributed by atoms with E-state index in [2.05, 4.69) is 9.97 Å². The van der Waals surface area contributed by atoms with Crippen LogP contribution in [-0.4, -0.2) is 27.7 Å². The van der Waals surface area contributed by atoms with E-state index in [4.69, 9.17) is 0 Å². The molecule has 1 aliphatic carbocycles. The number of halogens is 6. The zero-order valence-electron chi connectivity index (χ0n) is 7.97. The predicted molar refractivity (Wildman–Crippen MR) is 44.9 cm³/mol. The van der Waals surface area contributed by atoms with Crippen molar-refractivity contribution in [2.45, 2.75) is 17.8 Å². The van der Waals surface area contributed by atoms with Gasteiger partial charge < -0.3 is 0 Å². The minimum atomic E-state index is -5.48. The number of hydrogen-bond donors (Lipinski definition) is 0. The van der Waals surface area contributed by atoms with Gasteiger partial charge >= 0.3 is 17.8 Å². The standard InChI is InChI=1S/C9H4F6N2/c10-7(11)4-5(6-16-2-1-3-17-6)8(12,13)9(7,14)15/h1-4H. The molecule has 1 aliphatic rings. The van der Waals surface area contributed by atoms with Crippen LogP contribution in [0.1, 0.15) is 5.82 Å². The molecule has 8 heteroatoms. The van der Waals surface area contributed by atoms with Gasteiger partial charge in [-0.2, -0.15) is 26.3 Å². The van der Waals surface area contributed by atoms with Crippen LogP contribution in [0, 0.1) is 0 Å². The second-order valence-corrected chi connectivity index (χ2v) is 3.40. The van der Waals surface area contributed by atoms with Gasteiger partial charge in [0.25, 0.3) is 0 Å². The Hall–Kier alpha value is -1.60. The van der Waals surface area contributed by atoms with Gasteiger partial charge in [0.1, 0.15) is 0 Å². The molecule has 2 rings (SSSR count). The van der Waals surface area contributed by atoms with Crippen LogP contribution in [0.15, 0.2) is 24.5 Å². The summed E-state index contributed by atoms with van der Waals surface area (Å²) in [6.45, 7) is 0. The van der Waals surface area contributed by atoms with Gasteiger partial charge in [0.15, 0.2) is 5.82 Å². The van der Waals surface area contributed by atoms with E-state index in [1.54, 1.807) is 0 Å². The quantitative estimate of drug-likeness (QED) is 0.720. The molecule has 0 fully saturated rings. The van der Waals surface area contributed by atoms with Crippen molar-refractivity contribution in [1.29, 1.82) is 0 Å². The summed E-state index contributed by atoms with van der Waals surface area (Å²) in [5, 5.41) is 0. The molecule has 2 nitrogen and oxygen atoms in total. The zero-order chi connectivity index (χ0) is 12.9. The Balaban J connectivity index is 2.58. The van der Waals surface area contributed by atoms with Crippen LogP contribution < -0.4 is 0 Å². The van der Waals surface area contributed by atoms with Crippen molar-refractivity contribution < 1.29 is 26.3 Å². The molecule has 0 aromatic carbocycles. The lowest BCUT2D eigenvalue weighted by molar-refractivity contribution is -0.257. The van der Waals surface area contributed by atoms with Crippen molar-refractivity contribution in [3.8, 4) is 0 Å². The van der Waals surface area contributed by atoms with Crippen LogP contribution in [-0.2, 0) is 0 Å². The largest absolute Gasteiger partial charge is 0.380 e. The Morgan fingerprint density at radius 2 is 1.41 bits per heavy atom. The number of allylic oxidation sites excluding steroid dienone is 2. The molecule has 1 heterocycles. The first-order valence-corrected chi connectivity index (χ1v) is 4.34. The summed E-state index contributed by atoms with van der Waals surface area (Å²) >= 11 is 0. The predicted octanol–water partition coefficient (Wildman–Crippen LogP) is 2.78. The number of hydrogen-bond acceptors (Lipinski definition) is 2. The highest BCUT2D eigenvalue weighted by molar-refractivity contribution is 5.72. The van der Waals surface area contributed by atoms with E-state index in [0.29, 0.717) is 0 Å². The van der Waals surface area contributed by atoms with Gasteiger partial charge in [0.05, 0.1) is 5.57 Å². The van der Waals surface area contributed by atoms with Gasteiger partial charge in [-0.3, -0.25) is 0 Å². The fraction of sp³-hybridized carbons (Fsp3) is 0.333. The summed E-state index contributed by atoms with van der Waals surface area (Å²) in [4.78, 5) is 6.52. The SMILES string of the molecule is FC1(F)C=C(c2ncccn2)C(F)(F)C1(F)F. The summed E-state index contributed by atoms with van der Waals surface area (Å²) in [6, 6.07) is 1.24. The van der Waals surface area contributed by atoms with Crippen molar-refractivity contribution in [2.75, 3.05) is 0 Å². The molecule has 0 saturated heterocycles. The van der Waals surface area contributed by atoms with Gasteiger partial charge in [-0.1, -0.05) is 0 Å². The minimum absolute atomic E-state index is 0.484. The summed E-state index contributed by atoms with van der Waals surface area (Å²) in [5.74, 6) is -16.2. The van der Waals surface area contributed by atoms with Crippen LogP contribution in [0.2, 0.25) is 0 Å². The Labute approximate surface area is 91.0 Å². The third kappa shape index (κ3) is 1.43. The highest BCUT2D eigenvalue weighted by Gasteiger charge is 2.77. The van der Waals surface area contributed by atoms with Crippen molar-refractivity contribution in [3.63, 3.8) is 0 Å². The van der Waals surface area contributed by atoms with Gasteiger partial charge in [-0.15, -0.1) is 0 Å². The normalized spacial score (nSPS) is 24.5. The molecular weight excluding hydrogens is 250 g/mol. The summed E-state index contributed by atoms with van der Waals surface area (Å²) in [7, 11) is 0. The molecule has 0 saturated carbocycles.